The van der Waals surface area contributed by atoms with Crippen molar-refractivity contribution in [3.05, 3.63) is 93.9 Å². The van der Waals surface area contributed by atoms with Crippen LogP contribution in [0.5, 0.6) is 11.5 Å². The third kappa shape index (κ3) is 10.5. The van der Waals surface area contributed by atoms with E-state index in [1.54, 1.807) is 0 Å². The van der Waals surface area contributed by atoms with Gasteiger partial charge in [0.15, 0.2) is 0 Å². The van der Waals surface area contributed by atoms with E-state index >= 15 is 0 Å². The largest absolute Gasteiger partial charge is 0.456 e. The van der Waals surface area contributed by atoms with Crippen molar-refractivity contribution in [2.75, 3.05) is 59.4 Å². The minimum Gasteiger partial charge on any atom is -0.456 e. The van der Waals surface area contributed by atoms with Gasteiger partial charge in [-0.05, 0) is 35.4 Å². The lowest BCUT2D eigenvalue weighted by atomic mass is 9.90. The van der Waals surface area contributed by atoms with Gasteiger partial charge < -0.3 is 29.0 Å². The molecule has 1 amide bonds. The van der Waals surface area contributed by atoms with Gasteiger partial charge in [-0.2, -0.15) is 0 Å². The Kier molecular flexibility index (Phi) is 13.6. The molecule has 0 spiro atoms. The topological polar surface area (TPSA) is 75.3 Å². The van der Waals surface area contributed by atoms with Crippen LogP contribution in [0, 0.1) is 19.3 Å². The van der Waals surface area contributed by atoms with Crippen molar-refractivity contribution in [2.45, 2.75) is 13.8 Å². The molecule has 0 saturated carbocycles. The fourth-order valence-corrected chi connectivity index (χ4v) is 4.12. The number of para-hydroxylation sites is 1. The molecule has 1 aliphatic rings. The van der Waals surface area contributed by atoms with E-state index in [0.717, 1.165) is 27.5 Å². The van der Waals surface area contributed by atoms with Gasteiger partial charge in [0.25, 0.3) is 0 Å². The molecule has 0 unspecified atom stereocenters. The number of terminal acetylenes is 1. The molecule has 1 aliphatic heterocycles. The quantitative estimate of drug-likeness (QED) is 0.189. The lowest BCUT2D eigenvalue weighted by Crippen LogP contribution is -2.25. The van der Waals surface area contributed by atoms with Crippen molar-refractivity contribution in [2.24, 2.45) is 0 Å². The molecule has 0 radical (unpaired) electrons. The molecule has 216 valence electrons. The molecule has 4 rings (SSSR count). The van der Waals surface area contributed by atoms with Crippen LogP contribution in [0.25, 0.3) is 12.2 Å². The Bertz CT molecular complexity index is 1410. The first-order chi connectivity index (χ1) is 20.0. The van der Waals surface area contributed by atoms with Crippen molar-refractivity contribution < 1.29 is 28.5 Å². The molecule has 0 atom stereocenters. The summed E-state index contributed by atoms with van der Waals surface area (Å²) in [6.07, 6.45) is 5.01. The van der Waals surface area contributed by atoms with Gasteiger partial charge in [0.05, 0.1) is 46.2 Å². The molecule has 1 N–H and O–H groups in total. The minimum atomic E-state index is -0.0526. The van der Waals surface area contributed by atoms with Crippen molar-refractivity contribution in [3.63, 3.8) is 0 Å². The second-order valence-electron chi connectivity index (χ2n) is 9.20. The number of ether oxygens (including phenoxy) is 5. The molecular formula is C34H39NO6. The predicted molar refractivity (Wildman–Crippen MR) is 161 cm³/mol. The average Bonchev–Trinajstić information content (AvgIpc) is 2.97. The smallest absolute Gasteiger partial charge is 0.216 e. The van der Waals surface area contributed by atoms with E-state index in [1.807, 2.05) is 24.3 Å². The van der Waals surface area contributed by atoms with Crippen LogP contribution in [-0.4, -0.2) is 65.3 Å². The second kappa shape index (κ2) is 17.7. The zero-order valence-electron chi connectivity index (χ0n) is 23.9. The number of carbonyl (C=O) groups is 1. The molecule has 41 heavy (non-hydrogen) atoms. The highest BCUT2D eigenvalue weighted by atomic mass is 16.6. The van der Waals surface area contributed by atoms with Gasteiger partial charge >= 0.3 is 0 Å². The SMILES string of the molecule is C#CCOCCOCCOCCOCCNC(C)=O.C=c1ccc2c(c1)Oc1ccccc1C=2c1ccccc1C. The van der Waals surface area contributed by atoms with Crippen LogP contribution in [-0.2, 0) is 23.7 Å². The van der Waals surface area contributed by atoms with Gasteiger partial charge in [0.2, 0.25) is 5.91 Å². The molecule has 0 bridgehead atoms. The van der Waals surface area contributed by atoms with Gasteiger partial charge in [-0.15, -0.1) is 6.42 Å². The first-order valence-corrected chi connectivity index (χ1v) is 13.7. The second-order valence-corrected chi connectivity index (χ2v) is 9.20. The average molecular weight is 558 g/mol. The maximum Gasteiger partial charge on any atom is 0.216 e. The molecule has 0 aromatic heterocycles. The Morgan fingerprint density at radius 1 is 0.829 bits per heavy atom. The fourth-order valence-electron chi connectivity index (χ4n) is 4.12. The van der Waals surface area contributed by atoms with Gasteiger partial charge in [-0.1, -0.05) is 67.1 Å². The van der Waals surface area contributed by atoms with Crippen LogP contribution in [0.1, 0.15) is 23.6 Å². The van der Waals surface area contributed by atoms with Crippen LogP contribution >= 0.6 is 0 Å². The summed E-state index contributed by atoms with van der Waals surface area (Å²) in [6.45, 7) is 12.0. The molecular weight excluding hydrogens is 518 g/mol. The highest BCUT2D eigenvalue weighted by Crippen LogP contribution is 2.36. The van der Waals surface area contributed by atoms with E-state index in [2.05, 4.69) is 67.2 Å². The minimum absolute atomic E-state index is 0.0526. The van der Waals surface area contributed by atoms with E-state index < -0.39 is 0 Å². The first-order valence-electron chi connectivity index (χ1n) is 13.7. The summed E-state index contributed by atoms with van der Waals surface area (Å²) in [7, 11) is 0. The number of amides is 1. The van der Waals surface area contributed by atoms with E-state index in [1.165, 1.54) is 23.6 Å². The summed E-state index contributed by atoms with van der Waals surface area (Å²) < 4.78 is 26.9. The van der Waals surface area contributed by atoms with Gasteiger partial charge in [-0.25, -0.2) is 0 Å². The first kappa shape index (κ1) is 31.6. The van der Waals surface area contributed by atoms with E-state index in [0.29, 0.717) is 59.4 Å². The number of rotatable bonds is 14. The van der Waals surface area contributed by atoms with E-state index in [-0.39, 0.29) is 5.91 Å². The predicted octanol–water partition coefficient (Wildman–Crippen LogP) is 3.58. The fraction of sp³-hybridized carbons (Fsp3) is 0.324. The van der Waals surface area contributed by atoms with Crippen molar-refractivity contribution in [3.8, 4) is 23.8 Å². The molecule has 3 aromatic carbocycles. The van der Waals surface area contributed by atoms with Crippen LogP contribution < -0.4 is 20.5 Å². The summed E-state index contributed by atoms with van der Waals surface area (Å²) in [5, 5.41) is 4.72. The number of hydrogen-bond acceptors (Lipinski definition) is 6. The standard InChI is InChI=1S/C21H16O.C13H23NO5/c1-14-11-12-18-20(13-14)22-19-10-6-5-9-17(19)21(18)16-8-4-3-7-15(16)2;1-3-5-16-7-9-18-11-12-19-10-8-17-6-4-14-13(2)15/h3-13H,1H2,2H3;1H,4-12H2,2H3,(H,14,15). The normalized spacial score (nSPS) is 11.3. The summed E-state index contributed by atoms with van der Waals surface area (Å²) in [5.74, 6) is 4.10. The summed E-state index contributed by atoms with van der Waals surface area (Å²) >= 11 is 0. The zero-order valence-corrected chi connectivity index (χ0v) is 23.9. The van der Waals surface area contributed by atoms with E-state index in [9.17, 15) is 4.79 Å². The Morgan fingerprint density at radius 3 is 2.10 bits per heavy atom. The summed E-state index contributed by atoms with van der Waals surface area (Å²) in [4.78, 5) is 10.5. The highest BCUT2D eigenvalue weighted by Gasteiger charge is 2.20. The molecule has 1 heterocycles. The monoisotopic (exact) mass is 557 g/mol. The molecule has 3 aromatic rings. The van der Waals surface area contributed by atoms with Crippen LogP contribution in [0.2, 0.25) is 0 Å². The van der Waals surface area contributed by atoms with Crippen molar-refractivity contribution in [1.29, 1.82) is 0 Å². The van der Waals surface area contributed by atoms with Crippen LogP contribution in [0.15, 0.2) is 66.7 Å². The molecule has 0 fully saturated rings. The Morgan fingerprint density at radius 2 is 1.44 bits per heavy atom. The van der Waals surface area contributed by atoms with Gasteiger partial charge in [-0.3, -0.25) is 4.79 Å². The molecule has 7 nitrogen and oxygen atoms in total. The van der Waals surface area contributed by atoms with Gasteiger partial charge in [0.1, 0.15) is 18.1 Å². The maximum atomic E-state index is 10.5. The molecule has 0 aliphatic carbocycles. The number of hydrogen-bond donors (Lipinski definition) is 1. The Hall–Kier alpha value is -3.93. The third-order valence-corrected chi connectivity index (χ3v) is 6.03. The van der Waals surface area contributed by atoms with Crippen LogP contribution in [0.3, 0.4) is 0 Å². The number of benzene rings is 3. The van der Waals surface area contributed by atoms with Crippen LogP contribution in [0.4, 0.5) is 0 Å². The summed E-state index contributed by atoms with van der Waals surface area (Å²) in [6, 6.07) is 22.8. The lowest BCUT2D eigenvalue weighted by molar-refractivity contribution is -0.119. The number of aryl methyl sites for hydroxylation is 1. The van der Waals surface area contributed by atoms with Crippen molar-refractivity contribution >= 4 is 18.1 Å². The number of nitrogens with one attached hydrogen (secondary N) is 1. The number of carbonyl (C=O) groups excluding carboxylic acids is 1. The van der Waals surface area contributed by atoms with Crippen molar-refractivity contribution in [1.82, 2.24) is 5.32 Å². The molecule has 0 saturated heterocycles. The van der Waals surface area contributed by atoms with E-state index in [4.69, 9.17) is 30.1 Å². The van der Waals surface area contributed by atoms with Gasteiger partial charge in [0, 0.05) is 29.8 Å². The maximum absolute atomic E-state index is 10.5. The lowest BCUT2D eigenvalue weighted by Gasteiger charge is -2.21. The highest BCUT2D eigenvalue weighted by molar-refractivity contribution is 5.86. The molecule has 7 heteroatoms. The Labute approximate surface area is 242 Å². The number of fused-ring (bicyclic) bond motifs is 2. The zero-order chi connectivity index (χ0) is 29.3. The summed E-state index contributed by atoms with van der Waals surface area (Å²) in [5.41, 5.74) is 4.88. The third-order valence-electron chi connectivity index (χ3n) is 6.03. The Balaban J connectivity index is 0.000000229.